The fourth-order valence-electron chi connectivity index (χ4n) is 1.12. The predicted molar refractivity (Wildman–Crippen MR) is 70.0 cm³/mol. The Morgan fingerprint density at radius 2 is 2.24 bits per heavy atom. The van der Waals surface area contributed by atoms with Gasteiger partial charge in [0, 0.05) is 33.3 Å². The molecule has 0 radical (unpaired) electrons. The Morgan fingerprint density at radius 3 is 2.82 bits per heavy atom. The molecule has 0 bridgehead atoms. The van der Waals surface area contributed by atoms with Crippen LogP contribution in [0.2, 0.25) is 0 Å². The van der Waals surface area contributed by atoms with Gasteiger partial charge >= 0.3 is 0 Å². The maximum absolute atomic E-state index is 13.0. The maximum Gasteiger partial charge on any atom is 0.252 e. The average molecular weight is 322 g/mol. The van der Waals surface area contributed by atoms with E-state index in [1.165, 1.54) is 12.1 Å². The van der Waals surface area contributed by atoms with Crippen LogP contribution < -0.4 is 5.32 Å². The minimum Gasteiger partial charge on any atom is -0.351 e. The second-order valence-electron chi connectivity index (χ2n) is 3.64. The van der Waals surface area contributed by atoms with Gasteiger partial charge in [-0.15, -0.1) is 0 Å². The Kier molecular flexibility index (Phi) is 5.27. The molecule has 1 amide bonds. The summed E-state index contributed by atoms with van der Waals surface area (Å²) in [4.78, 5) is 11.7. The topological polar surface area (TPSA) is 46.2 Å². The normalized spacial score (nSPS) is 14.1. The van der Waals surface area contributed by atoms with Crippen molar-refractivity contribution in [2.75, 3.05) is 12.8 Å². The van der Waals surface area contributed by atoms with Gasteiger partial charge in [0.2, 0.25) is 0 Å². The van der Waals surface area contributed by atoms with Crippen LogP contribution in [0, 0.1) is 5.82 Å². The minimum atomic E-state index is -0.993. The molecule has 0 aliphatic heterocycles. The van der Waals surface area contributed by atoms with Gasteiger partial charge < -0.3 is 5.32 Å². The van der Waals surface area contributed by atoms with Crippen LogP contribution in [0.5, 0.6) is 0 Å². The summed E-state index contributed by atoms with van der Waals surface area (Å²) >= 11 is 3.18. The molecule has 0 heterocycles. The molecule has 0 saturated heterocycles. The summed E-state index contributed by atoms with van der Waals surface area (Å²) in [7, 11) is -0.993. The summed E-state index contributed by atoms with van der Waals surface area (Å²) < 4.78 is 24.6. The van der Waals surface area contributed by atoms with Crippen molar-refractivity contribution in [3.05, 3.63) is 34.1 Å². The Hall–Kier alpha value is -0.750. The molecule has 2 atom stereocenters. The van der Waals surface area contributed by atoms with Crippen molar-refractivity contribution < 1.29 is 13.4 Å². The lowest BCUT2D eigenvalue weighted by Crippen LogP contribution is -2.32. The molecule has 0 fully saturated rings. The molecule has 0 aliphatic rings. The third kappa shape index (κ3) is 4.20. The lowest BCUT2D eigenvalue weighted by molar-refractivity contribution is 0.0953. The Labute approximate surface area is 110 Å². The van der Waals surface area contributed by atoms with Gasteiger partial charge in [0.25, 0.3) is 5.91 Å². The van der Waals surface area contributed by atoms with E-state index in [9.17, 15) is 13.4 Å². The summed E-state index contributed by atoms with van der Waals surface area (Å²) in [5.41, 5.74) is 0.235. The molecular weight excluding hydrogens is 309 g/mol. The third-order valence-electron chi connectivity index (χ3n) is 2.29. The molecule has 0 spiro atoms. The number of hydrogen-bond donors (Lipinski definition) is 1. The number of benzene rings is 1. The van der Waals surface area contributed by atoms with Crippen molar-refractivity contribution in [2.45, 2.75) is 12.2 Å². The number of hydrogen-bond acceptors (Lipinski definition) is 2. The van der Waals surface area contributed by atoms with Crippen LogP contribution in [0.3, 0.4) is 0 Å². The number of carbonyl (C=O) groups excluding carboxylic acids is 1. The number of rotatable bonds is 4. The molecule has 2 unspecified atom stereocenters. The predicted octanol–water partition coefficient (Wildman–Crippen LogP) is 2.08. The first-order valence-electron chi connectivity index (χ1n) is 4.97. The van der Waals surface area contributed by atoms with Crippen molar-refractivity contribution in [3.8, 4) is 0 Å². The summed E-state index contributed by atoms with van der Waals surface area (Å²) in [6.07, 6.45) is 1.58. The van der Waals surface area contributed by atoms with Crippen molar-refractivity contribution >= 4 is 32.6 Å². The van der Waals surface area contributed by atoms with Crippen molar-refractivity contribution in [3.63, 3.8) is 0 Å². The molecule has 17 heavy (non-hydrogen) atoms. The molecule has 3 nitrogen and oxygen atoms in total. The lowest BCUT2D eigenvalue weighted by Gasteiger charge is -2.10. The fraction of sp³-hybridized carbons (Fsp3) is 0.364. The van der Waals surface area contributed by atoms with E-state index in [4.69, 9.17) is 0 Å². The zero-order valence-electron chi connectivity index (χ0n) is 9.50. The fourth-order valence-corrected chi connectivity index (χ4v) is 1.87. The number of halogens is 2. The molecule has 0 aromatic heterocycles. The summed E-state index contributed by atoms with van der Waals surface area (Å²) in [5, 5.41) is 2.49. The van der Waals surface area contributed by atoms with Gasteiger partial charge in [-0.05, 0) is 41.1 Å². The van der Waals surface area contributed by atoms with Crippen molar-refractivity contribution in [1.29, 1.82) is 0 Å². The second-order valence-corrected chi connectivity index (χ2v) is 6.30. The maximum atomic E-state index is 13.0. The highest BCUT2D eigenvalue weighted by Crippen LogP contribution is 2.17. The summed E-state index contributed by atoms with van der Waals surface area (Å²) in [6, 6.07) is 3.91. The standard InChI is InChI=1S/C11H13BrFNO2S/c1-7(17(2)16)6-14-11(15)9-5-8(13)3-4-10(9)12/h3-5,7H,6H2,1-2H3,(H,14,15). The smallest absolute Gasteiger partial charge is 0.252 e. The molecule has 1 aromatic rings. The first kappa shape index (κ1) is 14.3. The highest BCUT2D eigenvalue weighted by atomic mass is 79.9. The zero-order chi connectivity index (χ0) is 13.0. The van der Waals surface area contributed by atoms with Gasteiger partial charge in [-0.2, -0.15) is 0 Å². The van der Waals surface area contributed by atoms with E-state index >= 15 is 0 Å². The molecule has 6 heteroatoms. The van der Waals surface area contributed by atoms with Gasteiger partial charge in [-0.25, -0.2) is 4.39 Å². The van der Waals surface area contributed by atoms with E-state index in [1.807, 2.05) is 0 Å². The number of amides is 1. The van der Waals surface area contributed by atoms with Crippen molar-refractivity contribution in [2.24, 2.45) is 0 Å². The van der Waals surface area contributed by atoms with Gasteiger partial charge in [-0.1, -0.05) is 0 Å². The molecule has 94 valence electrons. The van der Waals surface area contributed by atoms with Crippen LogP contribution in [0.25, 0.3) is 0 Å². The first-order valence-corrected chi connectivity index (χ1v) is 7.38. The Bertz CT molecular complexity index is 453. The lowest BCUT2D eigenvalue weighted by atomic mass is 10.2. The quantitative estimate of drug-likeness (QED) is 0.923. The highest BCUT2D eigenvalue weighted by Gasteiger charge is 2.13. The molecule has 1 aromatic carbocycles. The third-order valence-corrected chi connectivity index (χ3v) is 4.28. The average Bonchev–Trinajstić information content (AvgIpc) is 2.28. The number of carbonyl (C=O) groups is 1. The van der Waals surface area contributed by atoms with Crippen LogP contribution in [-0.2, 0) is 10.8 Å². The summed E-state index contributed by atoms with van der Waals surface area (Å²) in [6.45, 7) is 2.07. The van der Waals surface area contributed by atoms with Crippen LogP contribution >= 0.6 is 15.9 Å². The largest absolute Gasteiger partial charge is 0.351 e. The Morgan fingerprint density at radius 1 is 1.59 bits per heavy atom. The zero-order valence-corrected chi connectivity index (χ0v) is 11.9. The van der Waals surface area contributed by atoms with Gasteiger partial charge in [0.05, 0.1) is 5.56 Å². The highest BCUT2D eigenvalue weighted by molar-refractivity contribution is 9.10. The molecule has 0 aliphatic carbocycles. The van der Waals surface area contributed by atoms with Crippen molar-refractivity contribution in [1.82, 2.24) is 5.32 Å². The van der Waals surface area contributed by atoms with Gasteiger partial charge in [-0.3, -0.25) is 9.00 Å². The molecule has 1 rings (SSSR count). The second kappa shape index (κ2) is 6.26. The Balaban J connectivity index is 2.70. The minimum absolute atomic E-state index is 0.133. The van der Waals surface area contributed by atoms with Crippen LogP contribution in [-0.4, -0.2) is 28.2 Å². The van der Waals surface area contributed by atoms with E-state index < -0.39 is 16.6 Å². The van der Waals surface area contributed by atoms with E-state index in [2.05, 4.69) is 21.2 Å². The molecule has 1 N–H and O–H groups in total. The summed E-state index contributed by atoms with van der Waals surface area (Å²) in [5.74, 6) is -0.848. The van der Waals surface area contributed by atoms with E-state index in [0.717, 1.165) is 6.07 Å². The van der Waals surface area contributed by atoms with Gasteiger partial charge in [0.1, 0.15) is 5.82 Å². The van der Waals surface area contributed by atoms with E-state index in [-0.39, 0.29) is 16.7 Å². The SMILES string of the molecule is CC(CNC(=O)c1cc(F)ccc1Br)S(C)=O. The molecule has 0 saturated carbocycles. The molecular formula is C11H13BrFNO2S. The van der Waals surface area contributed by atoms with Crippen LogP contribution in [0.1, 0.15) is 17.3 Å². The number of nitrogens with one attached hydrogen (secondary N) is 1. The van der Waals surface area contributed by atoms with E-state index in [1.54, 1.807) is 13.2 Å². The van der Waals surface area contributed by atoms with Crippen LogP contribution in [0.4, 0.5) is 4.39 Å². The monoisotopic (exact) mass is 321 g/mol. The van der Waals surface area contributed by atoms with Gasteiger partial charge in [0.15, 0.2) is 0 Å². The van der Waals surface area contributed by atoms with E-state index in [0.29, 0.717) is 11.0 Å². The first-order chi connectivity index (χ1) is 7.91. The van der Waals surface area contributed by atoms with Crippen LogP contribution in [0.15, 0.2) is 22.7 Å².